The fraction of sp³-hybridized carbons (Fsp3) is 0.833. The van der Waals surface area contributed by atoms with Gasteiger partial charge in [-0.25, -0.2) is 6.42 Å². The van der Waals surface area contributed by atoms with Crippen LogP contribution in [0.1, 0.15) is 25.7 Å². The normalized spacial score (nSPS) is 36.0. The van der Waals surface area contributed by atoms with Crippen LogP contribution in [0.3, 0.4) is 0 Å². The number of rotatable bonds is 0. The Hall–Kier alpha value is 0. The number of hydrogen-bond donors (Lipinski definition) is 0. The van der Waals surface area contributed by atoms with E-state index >= 15 is 0 Å². The molecule has 0 atom stereocenters. The van der Waals surface area contributed by atoms with Gasteiger partial charge in [-0.2, -0.15) is 5.41 Å². The summed E-state index contributed by atoms with van der Waals surface area (Å²) in [6.07, 6.45) is 8.40. The highest BCUT2D eigenvalue weighted by Crippen LogP contribution is 2.59. The van der Waals surface area contributed by atoms with Crippen molar-refractivity contribution >= 4 is 0 Å². The molecule has 0 unspecified atom stereocenters. The minimum atomic E-state index is 0.847. The van der Waals surface area contributed by atoms with Gasteiger partial charge in [0.15, 0.2) is 0 Å². The van der Waals surface area contributed by atoms with Gasteiger partial charge in [-0.3, -0.25) is 0 Å². The van der Waals surface area contributed by atoms with Gasteiger partial charge in [0, 0.05) is 0 Å². The van der Waals surface area contributed by atoms with E-state index in [0.717, 1.165) is 5.41 Å². The van der Waals surface area contributed by atoms with Gasteiger partial charge in [0.1, 0.15) is 0 Å². The molecule has 0 radical (unpaired) electrons. The number of hydrogen-bond acceptors (Lipinski definition) is 0. The summed E-state index contributed by atoms with van der Waals surface area (Å²) in [6, 6.07) is 0. The Morgan fingerprint density at radius 1 is 1.33 bits per heavy atom. The highest BCUT2D eigenvalue weighted by Gasteiger charge is 2.34. The second-order valence-electron chi connectivity index (χ2n) is 2.62. The zero-order chi connectivity index (χ0) is 4.04. The lowest BCUT2D eigenvalue weighted by atomic mass is 9.82. The molecule has 1 spiro atoms. The van der Waals surface area contributed by atoms with Gasteiger partial charge < -0.3 is 6.42 Å². The van der Waals surface area contributed by atoms with Crippen LogP contribution in [0.25, 0.3) is 0 Å². The maximum absolute atomic E-state index is 2.45. The summed E-state index contributed by atoms with van der Waals surface area (Å²) >= 11 is 0. The molecule has 0 saturated heterocycles. The Morgan fingerprint density at radius 3 is 2.00 bits per heavy atom. The van der Waals surface area contributed by atoms with E-state index in [-0.39, 0.29) is 0 Å². The van der Waals surface area contributed by atoms with E-state index in [1.54, 1.807) is 0 Å². The van der Waals surface area contributed by atoms with E-state index in [1.807, 2.05) is 0 Å². The van der Waals surface area contributed by atoms with Crippen molar-refractivity contribution in [3.63, 3.8) is 0 Å². The average Bonchev–Trinajstić information content (AvgIpc) is 2.02. The first-order chi connectivity index (χ1) is 2.91. The Kier molecular flexibility index (Phi) is 0.337. The van der Waals surface area contributed by atoms with E-state index in [0.29, 0.717) is 0 Å². The summed E-state index contributed by atoms with van der Waals surface area (Å²) in [5.74, 6) is 0. The van der Waals surface area contributed by atoms with Crippen LogP contribution in [0, 0.1) is 11.8 Å². The lowest BCUT2D eigenvalue weighted by Gasteiger charge is -2.31. The van der Waals surface area contributed by atoms with E-state index in [2.05, 4.69) is 6.42 Å². The summed E-state index contributed by atoms with van der Waals surface area (Å²) in [5, 5.41) is 0. The van der Waals surface area contributed by atoms with E-state index in [1.165, 1.54) is 25.7 Å². The summed E-state index contributed by atoms with van der Waals surface area (Å²) in [6.45, 7) is 0. The van der Waals surface area contributed by atoms with Crippen molar-refractivity contribution in [3.8, 4) is 0 Å². The van der Waals surface area contributed by atoms with Gasteiger partial charge in [0.25, 0.3) is 0 Å². The summed E-state index contributed by atoms with van der Waals surface area (Å²) in [7, 11) is 0. The maximum atomic E-state index is 2.45. The van der Waals surface area contributed by atoms with Gasteiger partial charge in [0.2, 0.25) is 0 Å². The predicted molar refractivity (Wildman–Crippen MR) is 25.2 cm³/mol. The van der Waals surface area contributed by atoms with Crippen molar-refractivity contribution < 1.29 is 0 Å². The Bertz CT molecular complexity index is 64.1. The molecule has 2 rings (SSSR count). The molecule has 0 heterocycles. The third-order valence-corrected chi connectivity index (χ3v) is 2.13. The van der Waals surface area contributed by atoms with Crippen molar-refractivity contribution in [2.75, 3.05) is 0 Å². The third kappa shape index (κ3) is 0.213. The van der Waals surface area contributed by atoms with Gasteiger partial charge >= 0.3 is 0 Å². The van der Waals surface area contributed by atoms with Crippen molar-refractivity contribution in [2.45, 2.75) is 25.7 Å². The Morgan fingerprint density at radius 2 is 2.00 bits per heavy atom. The van der Waals surface area contributed by atoms with Crippen molar-refractivity contribution in [2.24, 2.45) is 5.41 Å². The molecule has 0 N–H and O–H groups in total. The van der Waals surface area contributed by atoms with Crippen molar-refractivity contribution in [3.05, 3.63) is 6.42 Å². The van der Waals surface area contributed by atoms with Crippen LogP contribution in [0.15, 0.2) is 0 Å². The zero-order valence-electron chi connectivity index (χ0n) is 3.91. The second-order valence-corrected chi connectivity index (χ2v) is 2.62. The Labute approximate surface area is 38.6 Å². The highest BCUT2D eigenvalue weighted by atomic mass is 14.5. The fourth-order valence-corrected chi connectivity index (χ4v) is 1.18. The summed E-state index contributed by atoms with van der Waals surface area (Å²) < 4.78 is 0. The largest absolute Gasteiger partial charge is 0.327 e. The van der Waals surface area contributed by atoms with Crippen LogP contribution in [-0.4, -0.2) is 0 Å². The molecule has 0 nitrogen and oxygen atoms in total. The molecular formula is C6H9-. The van der Waals surface area contributed by atoms with Crippen LogP contribution in [0.5, 0.6) is 0 Å². The topological polar surface area (TPSA) is 0 Å². The lowest BCUT2D eigenvalue weighted by Crippen LogP contribution is -2.10. The van der Waals surface area contributed by atoms with E-state index in [4.69, 9.17) is 0 Å². The zero-order valence-corrected chi connectivity index (χ0v) is 3.91. The second kappa shape index (κ2) is 0.661. The van der Waals surface area contributed by atoms with Crippen LogP contribution >= 0.6 is 0 Å². The van der Waals surface area contributed by atoms with Gasteiger partial charge in [-0.1, -0.05) is 19.3 Å². The fourth-order valence-electron chi connectivity index (χ4n) is 1.18. The standard InChI is InChI=1S/C6H9/c1-2-6(3-1)4-5-6/h4H,1-3,5H2/q-1. The van der Waals surface area contributed by atoms with Crippen LogP contribution < -0.4 is 0 Å². The summed E-state index contributed by atoms with van der Waals surface area (Å²) in [4.78, 5) is 0. The van der Waals surface area contributed by atoms with E-state index < -0.39 is 0 Å². The molecule has 0 bridgehead atoms. The molecular weight excluding hydrogens is 72.1 g/mol. The minimum Gasteiger partial charge on any atom is -0.327 e. The molecule has 0 heteroatoms. The predicted octanol–water partition coefficient (Wildman–Crippen LogP) is 1.76. The molecule has 0 aliphatic heterocycles. The van der Waals surface area contributed by atoms with Crippen LogP contribution in [0.4, 0.5) is 0 Å². The maximum Gasteiger partial charge on any atom is -0.0573 e. The molecule has 2 saturated carbocycles. The first kappa shape index (κ1) is 3.06. The van der Waals surface area contributed by atoms with Gasteiger partial charge in [-0.15, -0.1) is 0 Å². The van der Waals surface area contributed by atoms with Crippen molar-refractivity contribution in [1.29, 1.82) is 0 Å². The molecule has 6 heavy (non-hydrogen) atoms. The minimum absolute atomic E-state index is 0.847. The van der Waals surface area contributed by atoms with E-state index in [9.17, 15) is 0 Å². The Balaban J connectivity index is 2.09. The lowest BCUT2D eigenvalue weighted by molar-refractivity contribution is 0.306. The third-order valence-electron chi connectivity index (χ3n) is 2.13. The first-order valence-corrected chi connectivity index (χ1v) is 2.76. The molecule has 2 fully saturated rings. The van der Waals surface area contributed by atoms with Gasteiger partial charge in [-0.05, 0) is 0 Å². The van der Waals surface area contributed by atoms with Crippen LogP contribution in [-0.2, 0) is 0 Å². The first-order valence-electron chi connectivity index (χ1n) is 2.76. The molecule has 2 aliphatic carbocycles. The summed E-state index contributed by atoms with van der Waals surface area (Å²) in [5.41, 5.74) is 0.847. The molecule has 0 amide bonds. The molecule has 34 valence electrons. The molecule has 0 aromatic rings. The SMILES string of the molecule is [CH-]1CC12CCC2. The highest BCUT2D eigenvalue weighted by molar-refractivity contribution is 5.14. The molecule has 0 aromatic carbocycles. The smallest absolute Gasteiger partial charge is 0.0573 e. The monoisotopic (exact) mass is 81.1 g/mol. The molecule has 0 aromatic heterocycles. The molecule has 2 aliphatic rings. The average molecular weight is 81.1 g/mol. The van der Waals surface area contributed by atoms with Crippen molar-refractivity contribution in [1.82, 2.24) is 0 Å². The van der Waals surface area contributed by atoms with Crippen LogP contribution in [0.2, 0.25) is 0 Å². The van der Waals surface area contributed by atoms with Gasteiger partial charge in [0.05, 0.1) is 0 Å². The quantitative estimate of drug-likeness (QED) is 0.390.